The summed E-state index contributed by atoms with van der Waals surface area (Å²) in [4.78, 5) is 24.9. The zero-order valence-corrected chi connectivity index (χ0v) is 23.5. The van der Waals surface area contributed by atoms with Crippen LogP contribution in [0.3, 0.4) is 0 Å². The monoisotopic (exact) mass is 539 g/mol. The molecular formula is C32H34BNO6. The van der Waals surface area contributed by atoms with E-state index in [4.69, 9.17) is 14.0 Å². The van der Waals surface area contributed by atoms with Crippen molar-refractivity contribution < 1.29 is 28.7 Å². The fourth-order valence-corrected chi connectivity index (χ4v) is 5.20. The van der Waals surface area contributed by atoms with Gasteiger partial charge in [-0.05, 0) is 74.0 Å². The number of alkyl carbamates (subject to hydrolysis) is 1. The third kappa shape index (κ3) is 5.29. The van der Waals surface area contributed by atoms with Crippen molar-refractivity contribution in [1.82, 2.24) is 5.32 Å². The van der Waals surface area contributed by atoms with E-state index >= 15 is 0 Å². The minimum absolute atomic E-state index is 0.0538. The van der Waals surface area contributed by atoms with E-state index in [9.17, 15) is 14.7 Å². The molecule has 3 aromatic carbocycles. The average molecular weight is 539 g/mol. The number of carbonyl (C=O) groups excluding carboxylic acids is 1. The molecule has 2 aliphatic rings. The van der Waals surface area contributed by atoms with Crippen molar-refractivity contribution in [1.29, 1.82) is 0 Å². The van der Waals surface area contributed by atoms with Crippen LogP contribution in [0.5, 0.6) is 0 Å². The number of aromatic carboxylic acids is 1. The Bertz CT molecular complexity index is 1430. The molecule has 0 bridgehead atoms. The van der Waals surface area contributed by atoms with Crippen LogP contribution in [-0.4, -0.2) is 48.6 Å². The summed E-state index contributed by atoms with van der Waals surface area (Å²) in [7, 11) is -0.776. The molecule has 2 N–H and O–H groups in total. The van der Waals surface area contributed by atoms with Crippen LogP contribution in [0.2, 0.25) is 0 Å². The lowest BCUT2D eigenvalue weighted by molar-refractivity contribution is 0.00578. The molecule has 206 valence electrons. The lowest BCUT2D eigenvalue weighted by Gasteiger charge is -2.32. The molecule has 40 heavy (non-hydrogen) atoms. The summed E-state index contributed by atoms with van der Waals surface area (Å²) in [5.74, 6) is -1.09. The van der Waals surface area contributed by atoms with Crippen LogP contribution in [0.4, 0.5) is 4.79 Å². The van der Waals surface area contributed by atoms with Crippen molar-refractivity contribution in [2.45, 2.75) is 51.7 Å². The van der Waals surface area contributed by atoms with Gasteiger partial charge in [-0.1, -0.05) is 72.3 Å². The molecule has 1 aliphatic carbocycles. The van der Waals surface area contributed by atoms with Gasteiger partial charge in [0.1, 0.15) is 6.61 Å². The smallest absolute Gasteiger partial charge is 0.478 e. The largest absolute Gasteiger partial charge is 0.492 e. The Morgan fingerprint density at radius 3 is 2.10 bits per heavy atom. The number of ether oxygens (including phenoxy) is 1. The lowest BCUT2D eigenvalue weighted by Crippen LogP contribution is -2.41. The van der Waals surface area contributed by atoms with E-state index in [1.54, 1.807) is 18.2 Å². The van der Waals surface area contributed by atoms with E-state index in [0.29, 0.717) is 11.0 Å². The van der Waals surface area contributed by atoms with Crippen molar-refractivity contribution in [3.63, 3.8) is 0 Å². The summed E-state index contributed by atoms with van der Waals surface area (Å²) in [6.45, 7) is 9.86. The normalized spacial score (nSPS) is 17.3. The highest BCUT2D eigenvalue weighted by molar-refractivity contribution is 6.56. The standard InChI is InChI=1S/C32H34BNO6/c1-20-14-15-21(27(16-20)29(35)36)17-22(33-39-31(2,3)32(4,5)40-33)18-34-30(37)38-19-28-25-12-8-6-10-23(25)24-11-7-9-13-26(24)28/h6-17,28H,18-19H2,1-5H3,(H,34,37)(H,35,36). The second-order valence-electron chi connectivity index (χ2n) is 11.4. The molecule has 0 saturated carbocycles. The van der Waals surface area contributed by atoms with Crippen LogP contribution >= 0.6 is 0 Å². The Morgan fingerprint density at radius 2 is 1.52 bits per heavy atom. The van der Waals surface area contributed by atoms with Crippen molar-refractivity contribution in [2.75, 3.05) is 13.2 Å². The molecule has 0 radical (unpaired) electrons. The van der Waals surface area contributed by atoms with E-state index in [2.05, 4.69) is 29.6 Å². The lowest BCUT2D eigenvalue weighted by atomic mass is 9.76. The number of fused-ring (bicyclic) bond motifs is 3. The SMILES string of the molecule is Cc1ccc(C=C(CNC(=O)OCC2c3ccccc3-c3ccccc32)B2OC(C)(C)C(C)(C)O2)c(C(=O)O)c1. The minimum atomic E-state index is -1.03. The minimum Gasteiger partial charge on any atom is -0.478 e. The summed E-state index contributed by atoms with van der Waals surface area (Å²) in [6, 6.07) is 21.6. The van der Waals surface area contributed by atoms with Gasteiger partial charge in [-0.3, -0.25) is 0 Å². The fraction of sp³-hybridized carbons (Fsp3) is 0.312. The van der Waals surface area contributed by atoms with Gasteiger partial charge in [0.2, 0.25) is 0 Å². The first kappa shape index (κ1) is 27.7. The maximum Gasteiger partial charge on any atom is 0.492 e. The van der Waals surface area contributed by atoms with Gasteiger partial charge < -0.3 is 24.5 Å². The number of rotatable bonds is 7. The van der Waals surface area contributed by atoms with Crippen LogP contribution in [0, 0.1) is 6.92 Å². The van der Waals surface area contributed by atoms with Gasteiger partial charge in [0.05, 0.1) is 16.8 Å². The average Bonchev–Trinajstić information content (AvgIpc) is 3.34. The zero-order chi connectivity index (χ0) is 28.7. The van der Waals surface area contributed by atoms with Crippen LogP contribution in [-0.2, 0) is 14.0 Å². The van der Waals surface area contributed by atoms with Crippen molar-refractivity contribution >= 4 is 25.3 Å². The number of carboxylic acids is 1. The number of nitrogens with one attached hydrogen (secondary N) is 1. The molecule has 0 spiro atoms. The Morgan fingerprint density at radius 1 is 0.950 bits per heavy atom. The van der Waals surface area contributed by atoms with E-state index in [1.165, 1.54) is 0 Å². The zero-order valence-electron chi connectivity index (χ0n) is 23.5. The first-order valence-corrected chi connectivity index (χ1v) is 13.5. The molecule has 1 amide bonds. The second-order valence-corrected chi connectivity index (χ2v) is 11.4. The van der Waals surface area contributed by atoms with Crippen molar-refractivity contribution in [3.05, 3.63) is 100 Å². The number of carbonyl (C=O) groups is 2. The number of aryl methyl sites for hydroxylation is 1. The van der Waals surface area contributed by atoms with E-state index in [0.717, 1.165) is 27.8 Å². The number of hydrogen-bond acceptors (Lipinski definition) is 5. The maximum atomic E-state index is 12.9. The predicted octanol–water partition coefficient (Wildman–Crippen LogP) is 6.25. The first-order valence-electron chi connectivity index (χ1n) is 13.5. The van der Waals surface area contributed by atoms with Gasteiger partial charge in [0.15, 0.2) is 0 Å². The molecule has 1 saturated heterocycles. The molecule has 1 aliphatic heterocycles. The Labute approximate surface area is 235 Å². The van der Waals surface area contributed by atoms with Gasteiger partial charge in [-0.2, -0.15) is 0 Å². The predicted molar refractivity (Wildman–Crippen MR) is 155 cm³/mol. The summed E-state index contributed by atoms with van der Waals surface area (Å²) in [5, 5.41) is 12.6. The summed E-state index contributed by atoms with van der Waals surface area (Å²) in [5.41, 5.74) is 5.45. The number of amides is 1. The summed E-state index contributed by atoms with van der Waals surface area (Å²) >= 11 is 0. The number of carboxylic acid groups (broad SMARTS) is 1. The second kappa shape index (κ2) is 10.6. The molecular weight excluding hydrogens is 505 g/mol. The Balaban J connectivity index is 1.34. The maximum absolute atomic E-state index is 12.9. The highest BCUT2D eigenvalue weighted by Crippen LogP contribution is 2.44. The third-order valence-electron chi connectivity index (χ3n) is 8.12. The van der Waals surface area contributed by atoms with Gasteiger partial charge in [-0.15, -0.1) is 0 Å². The van der Waals surface area contributed by atoms with E-state index in [-0.39, 0.29) is 24.6 Å². The Hall–Kier alpha value is -3.88. The van der Waals surface area contributed by atoms with Crippen molar-refractivity contribution in [3.8, 4) is 11.1 Å². The van der Waals surface area contributed by atoms with Gasteiger partial charge in [-0.25, -0.2) is 9.59 Å². The molecule has 0 atom stereocenters. The topological polar surface area (TPSA) is 94.1 Å². The van der Waals surface area contributed by atoms with Crippen LogP contribution in [0.25, 0.3) is 17.2 Å². The molecule has 0 aromatic heterocycles. The van der Waals surface area contributed by atoms with Crippen LogP contribution in [0.1, 0.15) is 66.2 Å². The van der Waals surface area contributed by atoms with Crippen LogP contribution < -0.4 is 5.32 Å². The molecule has 3 aromatic rings. The van der Waals surface area contributed by atoms with Gasteiger partial charge in [0, 0.05) is 12.5 Å². The van der Waals surface area contributed by atoms with Gasteiger partial charge in [0.25, 0.3) is 0 Å². The van der Waals surface area contributed by atoms with E-state index in [1.807, 2.05) is 65.0 Å². The number of benzene rings is 3. The van der Waals surface area contributed by atoms with E-state index < -0.39 is 30.4 Å². The first-order chi connectivity index (χ1) is 19.0. The highest BCUT2D eigenvalue weighted by Gasteiger charge is 2.52. The molecule has 5 rings (SSSR count). The van der Waals surface area contributed by atoms with Crippen molar-refractivity contribution in [2.24, 2.45) is 0 Å². The molecule has 7 nitrogen and oxygen atoms in total. The van der Waals surface area contributed by atoms with Gasteiger partial charge >= 0.3 is 19.2 Å². The van der Waals surface area contributed by atoms with Crippen LogP contribution in [0.15, 0.2) is 72.2 Å². The highest BCUT2D eigenvalue weighted by atomic mass is 16.7. The quantitative estimate of drug-likeness (QED) is 0.345. The molecule has 1 fully saturated rings. The number of hydrogen-bond donors (Lipinski definition) is 2. The summed E-state index contributed by atoms with van der Waals surface area (Å²) in [6.07, 6.45) is 1.14. The Kier molecular flexibility index (Phi) is 7.33. The molecule has 8 heteroatoms. The third-order valence-corrected chi connectivity index (χ3v) is 8.12. The molecule has 0 unspecified atom stereocenters. The summed E-state index contributed by atoms with van der Waals surface area (Å²) < 4.78 is 18.2. The fourth-order valence-electron chi connectivity index (χ4n) is 5.20. The molecule has 1 heterocycles.